The first kappa shape index (κ1) is 23.7. The van der Waals surface area contributed by atoms with Crippen molar-refractivity contribution < 1.29 is 37.0 Å². The van der Waals surface area contributed by atoms with E-state index in [1.807, 2.05) is 0 Å². The number of allylic oxidation sites excluding steroid dienone is 1. The first-order valence-corrected chi connectivity index (χ1v) is 8.84. The molecule has 6 N–H and O–H groups in total. The second-order valence-corrected chi connectivity index (χ2v) is 6.41. The molecule has 0 aliphatic heterocycles. The highest BCUT2D eigenvalue weighted by atomic mass is 19.4. The van der Waals surface area contributed by atoms with Crippen molar-refractivity contribution in [3.63, 3.8) is 0 Å². The third-order valence-electron chi connectivity index (χ3n) is 4.22. The SMILES string of the molecule is CN=C/C(COc1ccc2oc(C)c(C(=O)N[C@@H](CO)C(N)=O)c2c1)=C(\N)C(F)(F)F. The number of aliphatic imine (C=N–C) groups is 1. The van der Waals surface area contributed by atoms with E-state index in [2.05, 4.69) is 10.3 Å². The van der Waals surface area contributed by atoms with Crippen LogP contribution in [0.5, 0.6) is 5.75 Å². The summed E-state index contributed by atoms with van der Waals surface area (Å²) in [4.78, 5) is 27.4. The van der Waals surface area contributed by atoms with Gasteiger partial charge in [0.05, 0.1) is 12.2 Å². The summed E-state index contributed by atoms with van der Waals surface area (Å²) >= 11 is 0. The van der Waals surface area contributed by atoms with Crippen molar-refractivity contribution in [2.45, 2.75) is 19.1 Å². The van der Waals surface area contributed by atoms with Crippen LogP contribution in [0, 0.1) is 6.92 Å². The Bertz CT molecular complexity index is 1040. The minimum atomic E-state index is -4.75. The summed E-state index contributed by atoms with van der Waals surface area (Å²) in [6, 6.07) is 3.00. The number of hydrogen-bond donors (Lipinski definition) is 4. The lowest BCUT2D eigenvalue weighted by atomic mass is 10.1. The molecule has 2 rings (SSSR count). The summed E-state index contributed by atoms with van der Waals surface area (Å²) in [7, 11) is 1.29. The average Bonchev–Trinajstić information content (AvgIpc) is 3.02. The average molecular weight is 442 g/mol. The number of carbonyl (C=O) groups is 2. The predicted octanol–water partition coefficient (Wildman–Crippen LogP) is 1.17. The number of hydrogen-bond acceptors (Lipinski definition) is 7. The monoisotopic (exact) mass is 442 g/mol. The number of benzene rings is 1. The molecule has 0 bridgehead atoms. The van der Waals surface area contributed by atoms with Crippen molar-refractivity contribution in [2.24, 2.45) is 16.5 Å². The predicted molar refractivity (Wildman–Crippen MR) is 106 cm³/mol. The van der Waals surface area contributed by atoms with E-state index in [-0.39, 0.29) is 28.0 Å². The van der Waals surface area contributed by atoms with Crippen molar-refractivity contribution >= 4 is 29.0 Å². The van der Waals surface area contributed by atoms with Gasteiger partial charge in [0.25, 0.3) is 5.91 Å². The summed E-state index contributed by atoms with van der Waals surface area (Å²) in [5.74, 6) is -1.31. The van der Waals surface area contributed by atoms with Gasteiger partial charge in [-0.1, -0.05) is 0 Å². The quantitative estimate of drug-likeness (QED) is 0.450. The Morgan fingerprint density at radius 3 is 2.58 bits per heavy atom. The number of nitrogens with two attached hydrogens (primary N) is 2. The van der Waals surface area contributed by atoms with Crippen LogP contribution in [-0.4, -0.2) is 55.6 Å². The molecule has 1 aromatic heterocycles. The molecule has 0 saturated carbocycles. The highest BCUT2D eigenvalue weighted by Gasteiger charge is 2.34. The van der Waals surface area contributed by atoms with E-state index in [0.29, 0.717) is 5.58 Å². The Kier molecular flexibility index (Phi) is 7.28. The number of carbonyl (C=O) groups excluding carboxylic acids is 2. The summed E-state index contributed by atoms with van der Waals surface area (Å²) < 4.78 is 49.6. The van der Waals surface area contributed by atoms with Crippen LogP contribution in [0.3, 0.4) is 0 Å². The minimum Gasteiger partial charge on any atom is -0.489 e. The molecule has 0 unspecified atom stereocenters. The molecule has 1 aromatic carbocycles. The smallest absolute Gasteiger partial charge is 0.431 e. The normalized spacial score (nSPS) is 13.9. The largest absolute Gasteiger partial charge is 0.489 e. The molecule has 12 heteroatoms. The van der Waals surface area contributed by atoms with Crippen LogP contribution in [0.1, 0.15) is 16.1 Å². The lowest BCUT2D eigenvalue weighted by Gasteiger charge is -2.13. The molecular formula is C19H21F3N4O5. The van der Waals surface area contributed by atoms with Gasteiger partial charge in [-0.3, -0.25) is 14.6 Å². The number of aliphatic hydroxyl groups excluding tert-OH is 1. The molecule has 1 heterocycles. The molecular weight excluding hydrogens is 421 g/mol. The van der Waals surface area contributed by atoms with E-state index in [0.717, 1.165) is 6.21 Å². The summed E-state index contributed by atoms with van der Waals surface area (Å²) in [5.41, 5.74) is 8.91. The molecule has 2 amide bonds. The number of fused-ring (bicyclic) bond motifs is 1. The van der Waals surface area contributed by atoms with Gasteiger partial charge in [-0.15, -0.1) is 0 Å². The van der Waals surface area contributed by atoms with E-state index in [9.17, 15) is 27.9 Å². The van der Waals surface area contributed by atoms with Crippen LogP contribution < -0.4 is 21.5 Å². The van der Waals surface area contributed by atoms with E-state index in [1.165, 1.54) is 32.2 Å². The van der Waals surface area contributed by atoms with E-state index < -0.39 is 42.9 Å². The number of ether oxygens (including phenoxy) is 1. The van der Waals surface area contributed by atoms with Crippen molar-refractivity contribution in [3.05, 3.63) is 40.8 Å². The van der Waals surface area contributed by atoms with Gasteiger partial charge in [0.2, 0.25) is 5.91 Å². The molecule has 0 radical (unpaired) electrons. The van der Waals surface area contributed by atoms with E-state index in [4.69, 9.17) is 20.6 Å². The zero-order valence-electron chi connectivity index (χ0n) is 16.6. The Balaban J connectivity index is 2.35. The van der Waals surface area contributed by atoms with Gasteiger partial charge in [-0.05, 0) is 25.1 Å². The molecule has 9 nitrogen and oxygen atoms in total. The molecule has 0 fully saturated rings. The second kappa shape index (κ2) is 9.51. The van der Waals surface area contributed by atoms with Gasteiger partial charge >= 0.3 is 6.18 Å². The van der Waals surface area contributed by atoms with Crippen molar-refractivity contribution in [3.8, 4) is 5.75 Å². The molecule has 0 aliphatic rings. The van der Waals surface area contributed by atoms with E-state index >= 15 is 0 Å². The number of nitrogens with one attached hydrogen (secondary N) is 1. The highest BCUT2D eigenvalue weighted by molar-refractivity contribution is 6.08. The van der Waals surface area contributed by atoms with Gasteiger partial charge in [0.1, 0.15) is 35.4 Å². The zero-order chi connectivity index (χ0) is 23.3. The zero-order valence-corrected chi connectivity index (χ0v) is 16.6. The second-order valence-electron chi connectivity index (χ2n) is 6.41. The lowest BCUT2D eigenvalue weighted by Crippen LogP contribution is -2.46. The maximum Gasteiger partial charge on any atom is 0.431 e. The topological polar surface area (TPSA) is 153 Å². The maximum absolute atomic E-state index is 12.9. The standard InChI is InChI=1S/C19H21F3N4O5/c1-9-15(18(29)26-13(7-27)17(24)28)12-5-11(3-4-14(12)31-9)30-8-10(6-25-2)16(23)19(20,21)22/h3-6,13,27H,7-8,23H2,1-2H3,(H2,24,28)(H,26,29)/b16-10+,25-6?/t13-/m0/s1. The van der Waals surface area contributed by atoms with E-state index in [1.54, 1.807) is 0 Å². The minimum absolute atomic E-state index is 0.0563. The summed E-state index contributed by atoms with van der Waals surface area (Å²) in [6.07, 6.45) is -3.80. The third kappa shape index (κ3) is 5.54. The van der Waals surface area contributed by atoms with Gasteiger partial charge in [-0.2, -0.15) is 13.2 Å². The summed E-state index contributed by atoms with van der Waals surface area (Å²) in [6.45, 7) is 0.288. The van der Waals surface area contributed by atoms with Crippen molar-refractivity contribution in [1.29, 1.82) is 0 Å². The molecule has 31 heavy (non-hydrogen) atoms. The number of rotatable bonds is 8. The molecule has 0 saturated heterocycles. The van der Waals surface area contributed by atoms with Crippen molar-refractivity contribution in [1.82, 2.24) is 5.32 Å². The molecule has 1 atom stereocenters. The Morgan fingerprint density at radius 1 is 1.35 bits per heavy atom. The lowest BCUT2D eigenvalue weighted by molar-refractivity contribution is -0.120. The maximum atomic E-state index is 12.9. The van der Waals surface area contributed by atoms with Gasteiger partial charge in [-0.25, -0.2) is 0 Å². The number of amides is 2. The number of aryl methyl sites for hydroxylation is 1. The Hall–Kier alpha value is -3.54. The van der Waals surface area contributed by atoms with Crippen LogP contribution in [0.25, 0.3) is 11.0 Å². The van der Waals surface area contributed by atoms with Crippen LogP contribution in [-0.2, 0) is 4.79 Å². The first-order chi connectivity index (χ1) is 14.5. The van der Waals surface area contributed by atoms with Crippen molar-refractivity contribution in [2.75, 3.05) is 20.3 Å². The fraction of sp³-hybridized carbons (Fsp3) is 0.316. The molecule has 0 aliphatic carbocycles. The van der Waals surface area contributed by atoms with Crippen LogP contribution in [0.2, 0.25) is 0 Å². The molecule has 168 valence electrons. The van der Waals surface area contributed by atoms with Crippen LogP contribution in [0.4, 0.5) is 13.2 Å². The molecule has 0 spiro atoms. The number of furan rings is 1. The number of primary amides is 1. The Labute approximate surface area is 174 Å². The number of halogens is 3. The fourth-order valence-corrected chi connectivity index (χ4v) is 2.69. The van der Waals surface area contributed by atoms with Crippen LogP contribution in [0.15, 0.2) is 38.9 Å². The van der Waals surface area contributed by atoms with Gasteiger partial charge in [0, 0.05) is 24.2 Å². The third-order valence-corrected chi connectivity index (χ3v) is 4.22. The number of alkyl halides is 3. The highest BCUT2D eigenvalue weighted by Crippen LogP contribution is 2.30. The number of aliphatic hydroxyl groups is 1. The number of nitrogens with zero attached hydrogens (tertiary/aromatic N) is 1. The first-order valence-electron chi connectivity index (χ1n) is 8.84. The van der Waals surface area contributed by atoms with Gasteiger partial charge in [0.15, 0.2) is 0 Å². The molecule has 2 aromatic rings. The Morgan fingerprint density at radius 2 is 2.03 bits per heavy atom. The van der Waals surface area contributed by atoms with Gasteiger partial charge < -0.3 is 31.0 Å². The summed E-state index contributed by atoms with van der Waals surface area (Å²) in [5, 5.41) is 11.7. The van der Waals surface area contributed by atoms with Crippen LogP contribution >= 0.6 is 0 Å². The fourth-order valence-electron chi connectivity index (χ4n) is 2.69.